The molecule has 0 saturated carbocycles. The minimum atomic E-state index is 0.151. The predicted octanol–water partition coefficient (Wildman–Crippen LogP) is 4.16. The van der Waals surface area contributed by atoms with Crippen LogP contribution in [0.3, 0.4) is 0 Å². The molecular formula is C17H19NOS2. The highest BCUT2D eigenvalue weighted by molar-refractivity contribution is 8.00. The molecule has 2 aromatic carbocycles. The van der Waals surface area contributed by atoms with E-state index in [1.54, 1.807) is 28.4 Å². The van der Waals surface area contributed by atoms with E-state index in [-0.39, 0.29) is 5.91 Å². The first-order valence-electron chi connectivity index (χ1n) is 6.74. The van der Waals surface area contributed by atoms with Crippen molar-refractivity contribution in [2.24, 2.45) is 0 Å². The van der Waals surface area contributed by atoms with Crippen molar-refractivity contribution < 1.29 is 4.79 Å². The van der Waals surface area contributed by atoms with Crippen LogP contribution in [-0.2, 0) is 11.3 Å². The molecule has 0 aliphatic heterocycles. The number of carbonyl (C=O) groups excluding carboxylic acids is 1. The van der Waals surface area contributed by atoms with Gasteiger partial charge in [0.1, 0.15) is 0 Å². The van der Waals surface area contributed by atoms with Crippen molar-refractivity contribution in [1.82, 2.24) is 4.90 Å². The van der Waals surface area contributed by atoms with E-state index in [0.29, 0.717) is 12.3 Å². The van der Waals surface area contributed by atoms with Gasteiger partial charge in [-0.25, -0.2) is 0 Å². The van der Waals surface area contributed by atoms with Gasteiger partial charge in [-0.15, -0.1) is 23.5 Å². The molecule has 0 aliphatic rings. The van der Waals surface area contributed by atoms with Crippen LogP contribution in [0.15, 0.2) is 64.4 Å². The summed E-state index contributed by atoms with van der Waals surface area (Å²) in [6.07, 6.45) is 2.06. The number of nitrogens with zero attached hydrogens (tertiary/aromatic N) is 1. The van der Waals surface area contributed by atoms with Gasteiger partial charge < -0.3 is 4.90 Å². The fourth-order valence-corrected chi connectivity index (χ4v) is 3.13. The molecule has 0 N–H and O–H groups in total. The zero-order valence-corrected chi connectivity index (χ0v) is 13.9. The number of hydrogen-bond acceptors (Lipinski definition) is 3. The molecule has 0 radical (unpaired) electrons. The molecule has 2 aromatic rings. The highest BCUT2D eigenvalue weighted by Crippen LogP contribution is 2.18. The Morgan fingerprint density at radius 3 is 2.29 bits per heavy atom. The normalized spacial score (nSPS) is 10.4. The van der Waals surface area contributed by atoms with Gasteiger partial charge in [0.05, 0.1) is 5.75 Å². The van der Waals surface area contributed by atoms with E-state index in [9.17, 15) is 4.79 Å². The summed E-state index contributed by atoms with van der Waals surface area (Å²) in [5, 5.41) is 0. The zero-order chi connectivity index (χ0) is 15.1. The van der Waals surface area contributed by atoms with Crippen LogP contribution >= 0.6 is 23.5 Å². The number of rotatable bonds is 6. The average molecular weight is 317 g/mol. The fraction of sp³-hybridized carbons (Fsp3) is 0.235. The summed E-state index contributed by atoms with van der Waals surface area (Å²) >= 11 is 3.30. The molecule has 0 aliphatic carbocycles. The second kappa shape index (κ2) is 8.15. The van der Waals surface area contributed by atoms with Crippen LogP contribution in [0.4, 0.5) is 0 Å². The molecule has 0 saturated heterocycles. The van der Waals surface area contributed by atoms with Crippen molar-refractivity contribution in [2.45, 2.75) is 16.3 Å². The Balaban J connectivity index is 1.84. The number of carbonyl (C=O) groups is 1. The largest absolute Gasteiger partial charge is 0.341 e. The van der Waals surface area contributed by atoms with Crippen LogP contribution in [0.5, 0.6) is 0 Å². The lowest BCUT2D eigenvalue weighted by atomic mass is 10.2. The molecule has 0 bridgehead atoms. The van der Waals surface area contributed by atoms with Crippen molar-refractivity contribution >= 4 is 29.4 Å². The summed E-state index contributed by atoms with van der Waals surface area (Å²) in [5.74, 6) is 0.626. The monoisotopic (exact) mass is 317 g/mol. The highest BCUT2D eigenvalue weighted by atomic mass is 32.2. The summed E-state index contributed by atoms with van der Waals surface area (Å²) in [4.78, 5) is 16.3. The topological polar surface area (TPSA) is 20.3 Å². The molecule has 21 heavy (non-hydrogen) atoms. The van der Waals surface area contributed by atoms with E-state index in [1.807, 2.05) is 37.4 Å². The summed E-state index contributed by atoms with van der Waals surface area (Å²) in [5.41, 5.74) is 1.16. The van der Waals surface area contributed by atoms with Crippen LogP contribution in [0.25, 0.3) is 0 Å². The molecule has 0 atom stereocenters. The molecule has 2 nitrogen and oxygen atoms in total. The zero-order valence-electron chi connectivity index (χ0n) is 12.3. The van der Waals surface area contributed by atoms with E-state index in [1.165, 1.54) is 4.90 Å². The lowest BCUT2D eigenvalue weighted by molar-refractivity contribution is -0.127. The molecule has 0 unspecified atom stereocenters. The first-order valence-corrected chi connectivity index (χ1v) is 8.95. The number of amides is 1. The van der Waals surface area contributed by atoms with Crippen LogP contribution in [0, 0.1) is 0 Å². The van der Waals surface area contributed by atoms with Gasteiger partial charge in [-0.1, -0.05) is 30.3 Å². The highest BCUT2D eigenvalue weighted by Gasteiger charge is 2.09. The van der Waals surface area contributed by atoms with Gasteiger partial charge in [0, 0.05) is 23.4 Å². The predicted molar refractivity (Wildman–Crippen MR) is 91.9 cm³/mol. The third-order valence-electron chi connectivity index (χ3n) is 3.11. The molecular weight excluding hydrogens is 298 g/mol. The SMILES string of the molecule is CSc1ccc(CN(C)C(=O)CSc2ccccc2)cc1. The van der Waals surface area contributed by atoms with Crippen molar-refractivity contribution in [2.75, 3.05) is 19.1 Å². The van der Waals surface area contributed by atoms with Gasteiger partial charge in [0.15, 0.2) is 0 Å². The van der Waals surface area contributed by atoms with E-state index in [2.05, 4.69) is 30.5 Å². The lowest BCUT2D eigenvalue weighted by Gasteiger charge is -2.17. The van der Waals surface area contributed by atoms with Crippen molar-refractivity contribution in [3.8, 4) is 0 Å². The molecule has 0 aromatic heterocycles. The molecule has 2 rings (SSSR count). The minimum Gasteiger partial charge on any atom is -0.341 e. The molecule has 0 spiro atoms. The Kier molecular flexibility index (Phi) is 6.21. The second-order valence-corrected chi connectivity index (χ2v) is 6.63. The maximum Gasteiger partial charge on any atom is 0.232 e. The van der Waals surface area contributed by atoms with Crippen LogP contribution in [-0.4, -0.2) is 29.9 Å². The van der Waals surface area contributed by atoms with E-state index in [4.69, 9.17) is 0 Å². The Hall–Kier alpha value is -1.39. The Labute approximate surface area is 134 Å². The third kappa shape index (κ3) is 5.14. The van der Waals surface area contributed by atoms with E-state index >= 15 is 0 Å². The third-order valence-corrected chi connectivity index (χ3v) is 4.85. The number of hydrogen-bond donors (Lipinski definition) is 0. The fourth-order valence-electron chi connectivity index (χ4n) is 1.86. The number of benzene rings is 2. The average Bonchev–Trinajstić information content (AvgIpc) is 2.54. The van der Waals surface area contributed by atoms with E-state index in [0.717, 1.165) is 10.5 Å². The first-order chi connectivity index (χ1) is 10.2. The Bertz CT molecular complexity index is 569. The summed E-state index contributed by atoms with van der Waals surface area (Å²) in [6.45, 7) is 0.656. The minimum absolute atomic E-state index is 0.151. The maximum atomic E-state index is 12.1. The van der Waals surface area contributed by atoms with Gasteiger partial charge in [0.2, 0.25) is 5.91 Å². The summed E-state index contributed by atoms with van der Waals surface area (Å²) < 4.78 is 0. The van der Waals surface area contributed by atoms with Crippen LogP contribution in [0.1, 0.15) is 5.56 Å². The smallest absolute Gasteiger partial charge is 0.232 e. The molecule has 4 heteroatoms. The quantitative estimate of drug-likeness (QED) is 0.746. The molecule has 1 amide bonds. The van der Waals surface area contributed by atoms with E-state index < -0.39 is 0 Å². The lowest BCUT2D eigenvalue weighted by Crippen LogP contribution is -2.27. The van der Waals surface area contributed by atoms with Gasteiger partial charge >= 0.3 is 0 Å². The molecule has 110 valence electrons. The Morgan fingerprint density at radius 1 is 1.00 bits per heavy atom. The molecule has 0 fully saturated rings. The van der Waals surface area contributed by atoms with Gasteiger partial charge in [-0.05, 0) is 36.1 Å². The van der Waals surface area contributed by atoms with Gasteiger partial charge in [0.25, 0.3) is 0 Å². The van der Waals surface area contributed by atoms with Crippen molar-refractivity contribution in [3.63, 3.8) is 0 Å². The Morgan fingerprint density at radius 2 is 1.67 bits per heavy atom. The van der Waals surface area contributed by atoms with Crippen molar-refractivity contribution in [3.05, 3.63) is 60.2 Å². The van der Waals surface area contributed by atoms with Gasteiger partial charge in [-0.3, -0.25) is 4.79 Å². The van der Waals surface area contributed by atoms with Crippen LogP contribution < -0.4 is 0 Å². The number of thioether (sulfide) groups is 2. The summed E-state index contributed by atoms with van der Waals surface area (Å²) in [6, 6.07) is 18.4. The summed E-state index contributed by atoms with van der Waals surface area (Å²) in [7, 11) is 1.86. The first kappa shape index (κ1) is 16.0. The van der Waals surface area contributed by atoms with Gasteiger partial charge in [-0.2, -0.15) is 0 Å². The van der Waals surface area contributed by atoms with Crippen molar-refractivity contribution in [1.29, 1.82) is 0 Å². The standard InChI is InChI=1S/C17H19NOS2/c1-18(12-14-8-10-15(20-2)11-9-14)17(19)13-21-16-6-4-3-5-7-16/h3-11H,12-13H2,1-2H3. The second-order valence-electron chi connectivity index (χ2n) is 4.70. The molecule has 0 heterocycles. The maximum absolute atomic E-state index is 12.1. The van der Waals surface area contributed by atoms with Crippen LogP contribution in [0.2, 0.25) is 0 Å².